The van der Waals surface area contributed by atoms with Gasteiger partial charge in [-0.05, 0) is 56.9 Å². The van der Waals surface area contributed by atoms with Gasteiger partial charge >= 0.3 is 0 Å². The van der Waals surface area contributed by atoms with Crippen molar-refractivity contribution < 1.29 is 9.18 Å². The van der Waals surface area contributed by atoms with Crippen LogP contribution in [0.3, 0.4) is 0 Å². The molecule has 102 valence electrons. The second-order valence-corrected chi connectivity index (χ2v) is 5.26. The molecule has 1 aliphatic rings. The number of carbonyl (C=O) groups is 1. The summed E-state index contributed by atoms with van der Waals surface area (Å²) in [5.41, 5.74) is 0.840. The van der Waals surface area contributed by atoms with Crippen molar-refractivity contribution in [2.24, 2.45) is 0 Å². The number of hydrogen-bond acceptors (Lipinski definition) is 1. The first-order chi connectivity index (χ1) is 9.08. The van der Waals surface area contributed by atoms with Crippen LogP contribution >= 0.6 is 0 Å². The Morgan fingerprint density at radius 3 is 2.37 bits per heavy atom. The van der Waals surface area contributed by atoms with Gasteiger partial charge in [-0.3, -0.25) is 4.79 Å². The normalized spacial score (nSPS) is 23.8. The molecule has 2 atom stereocenters. The van der Waals surface area contributed by atoms with Crippen LogP contribution in [0.2, 0.25) is 0 Å². The van der Waals surface area contributed by atoms with E-state index in [2.05, 4.69) is 13.8 Å². The smallest absolute Gasteiger partial charge is 0.247 e. The highest BCUT2D eigenvalue weighted by molar-refractivity contribution is 5.92. The van der Waals surface area contributed by atoms with Gasteiger partial charge in [-0.1, -0.05) is 12.1 Å². The van der Waals surface area contributed by atoms with Crippen molar-refractivity contribution in [2.45, 2.75) is 45.2 Å². The number of likely N-dealkylation sites (tertiary alicyclic amines) is 1. The van der Waals surface area contributed by atoms with Crippen LogP contribution in [-0.2, 0) is 4.79 Å². The molecule has 1 amide bonds. The van der Waals surface area contributed by atoms with Gasteiger partial charge in [-0.25, -0.2) is 4.39 Å². The van der Waals surface area contributed by atoms with Crippen LogP contribution in [0.25, 0.3) is 6.08 Å². The molecule has 1 aliphatic heterocycles. The van der Waals surface area contributed by atoms with E-state index in [1.165, 1.54) is 18.6 Å². The molecule has 19 heavy (non-hydrogen) atoms. The Morgan fingerprint density at radius 2 is 1.79 bits per heavy atom. The highest BCUT2D eigenvalue weighted by Crippen LogP contribution is 2.22. The molecule has 0 spiro atoms. The molecule has 0 aliphatic carbocycles. The fourth-order valence-electron chi connectivity index (χ4n) is 2.68. The number of benzene rings is 1. The summed E-state index contributed by atoms with van der Waals surface area (Å²) in [5.74, 6) is -0.217. The number of amides is 1. The highest BCUT2D eigenvalue weighted by atomic mass is 19.1. The van der Waals surface area contributed by atoms with Gasteiger partial charge in [0.1, 0.15) is 5.82 Å². The lowest BCUT2D eigenvalue weighted by atomic mass is 9.97. The quantitative estimate of drug-likeness (QED) is 0.744. The molecule has 0 saturated carbocycles. The van der Waals surface area contributed by atoms with Gasteiger partial charge in [0.2, 0.25) is 5.91 Å². The van der Waals surface area contributed by atoms with Crippen LogP contribution in [0, 0.1) is 5.82 Å². The van der Waals surface area contributed by atoms with Crippen molar-refractivity contribution in [1.29, 1.82) is 0 Å². The molecule has 2 unspecified atom stereocenters. The minimum Gasteiger partial charge on any atom is -0.334 e. The largest absolute Gasteiger partial charge is 0.334 e. The number of rotatable bonds is 2. The average molecular weight is 261 g/mol. The predicted molar refractivity (Wildman–Crippen MR) is 75.1 cm³/mol. The van der Waals surface area contributed by atoms with Crippen molar-refractivity contribution in [2.75, 3.05) is 0 Å². The molecule has 1 aromatic carbocycles. The number of carbonyl (C=O) groups excluding carboxylic acids is 1. The molecule has 3 heteroatoms. The summed E-state index contributed by atoms with van der Waals surface area (Å²) in [4.78, 5) is 14.2. The maximum absolute atomic E-state index is 12.8. The average Bonchev–Trinajstić information content (AvgIpc) is 2.38. The Hall–Kier alpha value is -1.64. The Balaban J connectivity index is 2.05. The number of nitrogens with zero attached hydrogens (tertiary/aromatic N) is 1. The zero-order valence-electron chi connectivity index (χ0n) is 11.5. The second-order valence-electron chi connectivity index (χ2n) is 5.26. The van der Waals surface area contributed by atoms with Gasteiger partial charge in [-0.15, -0.1) is 0 Å². The monoisotopic (exact) mass is 261 g/mol. The van der Waals surface area contributed by atoms with Gasteiger partial charge < -0.3 is 4.90 Å². The first-order valence-corrected chi connectivity index (χ1v) is 6.84. The van der Waals surface area contributed by atoms with E-state index >= 15 is 0 Å². The standard InChI is InChI=1S/C16H20FNO/c1-12-4-3-5-13(2)18(12)16(19)11-8-14-6-9-15(17)10-7-14/h6-13H,3-5H2,1-2H3. The zero-order valence-corrected chi connectivity index (χ0v) is 11.5. The van der Waals surface area contributed by atoms with Crippen molar-refractivity contribution in [3.63, 3.8) is 0 Å². The fraction of sp³-hybridized carbons (Fsp3) is 0.438. The summed E-state index contributed by atoms with van der Waals surface area (Å²) in [7, 11) is 0. The van der Waals surface area contributed by atoms with E-state index in [1.807, 2.05) is 4.90 Å². The Labute approximate surface area is 113 Å². The summed E-state index contributed by atoms with van der Waals surface area (Å²) in [6, 6.07) is 6.74. The molecule has 1 fully saturated rings. The maximum atomic E-state index is 12.8. The Morgan fingerprint density at radius 1 is 1.21 bits per heavy atom. The first kappa shape index (κ1) is 13.8. The molecule has 0 radical (unpaired) electrons. The van der Waals surface area contributed by atoms with E-state index in [4.69, 9.17) is 0 Å². The van der Waals surface area contributed by atoms with E-state index in [0.717, 1.165) is 18.4 Å². The van der Waals surface area contributed by atoms with Crippen LogP contribution in [0.4, 0.5) is 4.39 Å². The van der Waals surface area contributed by atoms with E-state index in [-0.39, 0.29) is 11.7 Å². The second kappa shape index (κ2) is 6.00. The molecule has 2 nitrogen and oxygen atoms in total. The fourth-order valence-corrected chi connectivity index (χ4v) is 2.68. The topological polar surface area (TPSA) is 20.3 Å². The van der Waals surface area contributed by atoms with E-state index in [9.17, 15) is 9.18 Å². The molecule has 0 N–H and O–H groups in total. The summed E-state index contributed by atoms with van der Waals surface area (Å²) in [5, 5.41) is 0. The lowest BCUT2D eigenvalue weighted by Crippen LogP contribution is -2.46. The lowest BCUT2D eigenvalue weighted by molar-refractivity contribution is -0.131. The van der Waals surface area contributed by atoms with E-state index in [1.54, 1.807) is 24.3 Å². The van der Waals surface area contributed by atoms with Crippen LogP contribution in [0.15, 0.2) is 30.3 Å². The van der Waals surface area contributed by atoms with Crippen LogP contribution in [0.5, 0.6) is 0 Å². The molecular formula is C16H20FNO. The third kappa shape index (κ3) is 3.43. The number of halogens is 1. The first-order valence-electron chi connectivity index (χ1n) is 6.84. The molecule has 0 aromatic heterocycles. The van der Waals surface area contributed by atoms with Crippen LogP contribution < -0.4 is 0 Å². The molecule has 1 heterocycles. The van der Waals surface area contributed by atoms with Gasteiger partial charge in [0, 0.05) is 18.2 Å². The van der Waals surface area contributed by atoms with Crippen LogP contribution in [0.1, 0.15) is 38.7 Å². The summed E-state index contributed by atoms with van der Waals surface area (Å²) < 4.78 is 12.8. The molecular weight excluding hydrogens is 241 g/mol. The van der Waals surface area contributed by atoms with Crippen LogP contribution in [-0.4, -0.2) is 22.9 Å². The summed E-state index contributed by atoms with van der Waals surface area (Å²) >= 11 is 0. The Bertz CT molecular complexity index is 456. The minimum absolute atomic E-state index is 0.0454. The highest BCUT2D eigenvalue weighted by Gasteiger charge is 2.27. The van der Waals surface area contributed by atoms with Crippen molar-refractivity contribution in [3.8, 4) is 0 Å². The van der Waals surface area contributed by atoms with Crippen molar-refractivity contribution >= 4 is 12.0 Å². The molecule has 2 rings (SSSR count). The summed E-state index contributed by atoms with van der Waals surface area (Å²) in [6.45, 7) is 4.19. The van der Waals surface area contributed by atoms with Crippen molar-refractivity contribution in [3.05, 3.63) is 41.7 Å². The zero-order chi connectivity index (χ0) is 13.8. The maximum Gasteiger partial charge on any atom is 0.247 e. The van der Waals surface area contributed by atoms with Gasteiger partial charge in [-0.2, -0.15) is 0 Å². The summed E-state index contributed by atoms with van der Waals surface area (Å²) in [6.07, 6.45) is 6.66. The number of hydrogen-bond donors (Lipinski definition) is 0. The number of piperidine rings is 1. The van der Waals surface area contributed by atoms with Gasteiger partial charge in [0.05, 0.1) is 0 Å². The van der Waals surface area contributed by atoms with Crippen molar-refractivity contribution in [1.82, 2.24) is 4.90 Å². The van der Waals surface area contributed by atoms with Gasteiger partial charge in [0.15, 0.2) is 0 Å². The lowest BCUT2D eigenvalue weighted by Gasteiger charge is -2.38. The molecule has 0 bridgehead atoms. The van der Waals surface area contributed by atoms with Gasteiger partial charge in [0.25, 0.3) is 0 Å². The molecule has 1 saturated heterocycles. The SMILES string of the molecule is CC1CCCC(C)N1C(=O)C=Cc1ccc(F)cc1. The van der Waals surface area contributed by atoms with E-state index < -0.39 is 0 Å². The Kier molecular flexibility index (Phi) is 4.35. The third-order valence-corrected chi connectivity index (χ3v) is 3.74. The van der Waals surface area contributed by atoms with E-state index in [0.29, 0.717) is 12.1 Å². The third-order valence-electron chi connectivity index (χ3n) is 3.74. The predicted octanol–water partition coefficient (Wildman–Crippen LogP) is 3.63. The molecule has 1 aromatic rings. The minimum atomic E-state index is -0.262.